The smallest absolute Gasteiger partial charge is 0.163 e. The predicted octanol–water partition coefficient (Wildman–Crippen LogP) is 4.22. The molecule has 1 aromatic carbocycles. The molecule has 20 heavy (non-hydrogen) atoms. The van der Waals surface area contributed by atoms with Crippen LogP contribution in [0.5, 0.6) is 0 Å². The first-order chi connectivity index (χ1) is 9.81. The maximum atomic E-state index is 6.15. The Morgan fingerprint density at radius 1 is 1.05 bits per heavy atom. The Labute approximate surface area is 121 Å². The lowest BCUT2D eigenvalue weighted by molar-refractivity contribution is 0.995. The van der Waals surface area contributed by atoms with Gasteiger partial charge >= 0.3 is 0 Å². The summed E-state index contributed by atoms with van der Waals surface area (Å²) in [7, 11) is 0. The third-order valence-corrected chi connectivity index (χ3v) is 3.78. The molecular weight excluding hydrogens is 270 g/mol. The molecule has 2 aromatic heterocycles. The van der Waals surface area contributed by atoms with E-state index in [1.54, 1.807) is 6.20 Å². The minimum atomic E-state index is 0.504. The largest absolute Gasteiger partial charge is 0.255 e. The summed E-state index contributed by atoms with van der Waals surface area (Å²) >= 11 is 6.15. The lowest BCUT2D eigenvalue weighted by Crippen LogP contribution is -1.96. The fourth-order valence-electron chi connectivity index (χ4n) is 2.43. The van der Waals surface area contributed by atoms with E-state index in [1.807, 2.05) is 36.4 Å². The first-order valence-corrected chi connectivity index (χ1v) is 7.08. The van der Waals surface area contributed by atoms with E-state index in [1.165, 1.54) is 12.8 Å². The van der Waals surface area contributed by atoms with Crippen LogP contribution in [0, 0.1) is 0 Å². The highest BCUT2D eigenvalue weighted by Gasteiger charge is 2.26. The van der Waals surface area contributed by atoms with Crippen LogP contribution < -0.4 is 0 Å². The van der Waals surface area contributed by atoms with Gasteiger partial charge in [-0.3, -0.25) is 4.98 Å². The fraction of sp³-hybridized carbons (Fsp3) is 0.188. The molecule has 1 fully saturated rings. The first-order valence-electron chi connectivity index (χ1n) is 6.70. The van der Waals surface area contributed by atoms with Crippen LogP contribution in [0.25, 0.3) is 22.3 Å². The second-order valence-electron chi connectivity index (χ2n) is 5.09. The van der Waals surface area contributed by atoms with Gasteiger partial charge in [-0.05, 0) is 31.0 Å². The molecule has 4 heteroatoms. The van der Waals surface area contributed by atoms with Crippen molar-refractivity contribution < 1.29 is 0 Å². The summed E-state index contributed by atoms with van der Waals surface area (Å²) in [6.45, 7) is 0. The molecule has 3 aromatic rings. The maximum Gasteiger partial charge on any atom is 0.163 e. The minimum Gasteiger partial charge on any atom is -0.255 e. The summed E-state index contributed by atoms with van der Waals surface area (Å²) in [6.07, 6.45) is 4.18. The highest BCUT2D eigenvalue weighted by atomic mass is 35.5. The number of benzene rings is 1. The van der Waals surface area contributed by atoms with Gasteiger partial charge in [0.1, 0.15) is 5.15 Å². The van der Waals surface area contributed by atoms with Gasteiger partial charge in [0, 0.05) is 28.8 Å². The molecule has 0 N–H and O–H groups in total. The van der Waals surface area contributed by atoms with E-state index in [0.717, 1.165) is 22.2 Å². The second kappa shape index (κ2) is 4.53. The summed E-state index contributed by atoms with van der Waals surface area (Å²) in [5, 5.41) is 1.59. The molecule has 0 atom stereocenters. The van der Waals surface area contributed by atoms with Crippen LogP contribution in [0.4, 0.5) is 0 Å². The Kier molecular flexibility index (Phi) is 2.67. The van der Waals surface area contributed by atoms with E-state index in [9.17, 15) is 0 Å². The number of rotatable bonds is 2. The molecule has 0 radical (unpaired) electrons. The molecule has 1 aliphatic rings. The number of hydrogen-bond donors (Lipinski definition) is 0. The average molecular weight is 282 g/mol. The summed E-state index contributed by atoms with van der Waals surface area (Å²) < 4.78 is 0. The molecule has 0 unspecified atom stereocenters. The van der Waals surface area contributed by atoms with E-state index < -0.39 is 0 Å². The third kappa shape index (κ3) is 2.04. The van der Waals surface area contributed by atoms with Crippen molar-refractivity contribution in [1.82, 2.24) is 15.0 Å². The number of halogens is 1. The first kappa shape index (κ1) is 11.8. The number of hydrogen-bond acceptors (Lipinski definition) is 3. The second-order valence-corrected chi connectivity index (χ2v) is 5.48. The van der Waals surface area contributed by atoms with Crippen molar-refractivity contribution in [3.63, 3.8) is 0 Å². The SMILES string of the molecule is Clc1cc(C2CC2)nc(-c2cccc3cccnc23)n1. The van der Waals surface area contributed by atoms with Crippen molar-refractivity contribution >= 4 is 22.5 Å². The Hall–Kier alpha value is -2.00. The lowest BCUT2D eigenvalue weighted by Gasteiger charge is -2.07. The zero-order valence-electron chi connectivity index (χ0n) is 10.8. The highest BCUT2D eigenvalue weighted by molar-refractivity contribution is 6.29. The van der Waals surface area contributed by atoms with Gasteiger partial charge in [0.05, 0.1) is 5.52 Å². The van der Waals surface area contributed by atoms with Gasteiger partial charge in [-0.1, -0.05) is 29.8 Å². The number of pyridine rings is 1. The molecule has 0 spiro atoms. The van der Waals surface area contributed by atoms with Crippen LogP contribution >= 0.6 is 11.6 Å². The quantitative estimate of drug-likeness (QED) is 0.660. The van der Waals surface area contributed by atoms with Crippen LogP contribution in [-0.2, 0) is 0 Å². The molecule has 0 aliphatic heterocycles. The molecule has 1 saturated carbocycles. The maximum absolute atomic E-state index is 6.15. The number of fused-ring (bicyclic) bond motifs is 1. The van der Waals surface area contributed by atoms with Gasteiger partial charge in [0.15, 0.2) is 5.82 Å². The third-order valence-electron chi connectivity index (χ3n) is 3.58. The van der Waals surface area contributed by atoms with Crippen molar-refractivity contribution in [2.75, 3.05) is 0 Å². The molecule has 0 amide bonds. The minimum absolute atomic E-state index is 0.504. The van der Waals surface area contributed by atoms with E-state index >= 15 is 0 Å². The van der Waals surface area contributed by atoms with Crippen molar-refractivity contribution in [2.45, 2.75) is 18.8 Å². The van der Waals surface area contributed by atoms with Crippen LogP contribution in [0.2, 0.25) is 5.15 Å². The van der Waals surface area contributed by atoms with Crippen molar-refractivity contribution in [2.24, 2.45) is 0 Å². The van der Waals surface area contributed by atoms with Gasteiger partial charge in [0.2, 0.25) is 0 Å². The number of nitrogens with zero attached hydrogens (tertiary/aromatic N) is 3. The zero-order valence-corrected chi connectivity index (χ0v) is 11.5. The summed E-state index contributed by atoms with van der Waals surface area (Å²) in [5.41, 5.74) is 2.90. The molecule has 1 aliphatic carbocycles. The molecule has 0 bridgehead atoms. The normalized spacial score (nSPS) is 14.7. The highest BCUT2D eigenvalue weighted by Crippen LogP contribution is 2.40. The van der Waals surface area contributed by atoms with Gasteiger partial charge in [-0.15, -0.1) is 0 Å². The molecule has 3 nitrogen and oxygen atoms in total. The Bertz CT molecular complexity index is 791. The van der Waals surface area contributed by atoms with Crippen LogP contribution in [0.15, 0.2) is 42.6 Å². The van der Waals surface area contributed by atoms with E-state index in [4.69, 9.17) is 11.6 Å². The molecular formula is C16H12ClN3. The zero-order chi connectivity index (χ0) is 13.5. The standard InChI is InChI=1S/C16H12ClN3/c17-14-9-13(10-6-7-10)19-16(20-14)12-5-1-3-11-4-2-8-18-15(11)12/h1-5,8-10H,6-7H2. The van der Waals surface area contributed by atoms with E-state index in [2.05, 4.69) is 15.0 Å². The van der Waals surface area contributed by atoms with Gasteiger partial charge in [0.25, 0.3) is 0 Å². The Morgan fingerprint density at radius 3 is 2.75 bits per heavy atom. The Balaban J connectivity index is 1.94. The van der Waals surface area contributed by atoms with Crippen molar-refractivity contribution in [3.8, 4) is 11.4 Å². The number of para-hydroxylation sites is 1. The topological polar surface area (TPSA) is 38.7 Å². The molecule has 2 heterocycles. The summed E-state index contributed by atoms with van der Waals surface area (Å²) in [5.74, 6) is 1.22. The van der Waals surface area contributed by atoms with Crippen LogP contribution in [-0.4, -0.2) is 15.0 Å². The Morgan fingerprint density at radius 2 is 1.90 bits per heavy atom. The van der Waals surface area contributed by atoms with Crippen molar-refractivity contribution in [1.29, 1.82) is 0 Å². The molecule has 4 rings (SSSR count). The van der Waals surface area contributed by atoms with Gasteiger partial charge in [-0.25, -0.2) is 9.97 Å². The van der Waals surface area contributed by atoms with Gasteiger partial charge in [-0.2, -0.15) is 0 Å². The van der Waals surface area contributed by atoms with Crippen LogP contribution in [0.1, 0.15) is 24.5 Å². The molecule has 98 valence electrons. The van der Waals surface area contributed by atoms with Crippen molar-refractivity contribution in [3.05, 3.63) is 53.4 Å². The average Bonchev–Trinajstić information content (AvgIpc) is 3.30. The monoisotopic (exact) mass is 281 g/mol. The van der Waals surface area contributed by atoms with Crippen LogP contribution in [0.3, 0.4) is 0 Å². The predicted molar refractivity (Wildman–Crippen MR) is 79.8 cm³/mol. The summed E-state index contributed by atoms with van der Waals surface area (Å²) in [6, 6.07) is 11.9. The number of aromatic nitrogens is 3. The van der Waals surface area contributed by atoms with Gasteiger partial charge < -0.3 is 0 Å². The molecule has 0 saturated heterocycles. The van der Waals surface area contributed by atoms with E-state index in [0.29, 0.717) is 16.9 Å². The lowest BCUT2D eigenvalue weighted by atomic mass is 10.1. The fourth-order valence-corrected chi connectivity index (χ4v) is 2.62. The summed E-state index contributed by atoms with van der Waals surface area (Å²) in [4.78, 5) is 13.5. The van der Waals surface area contributed by atoms with E-state index in [-0.39, 0.29) is 0 Å².